The summed E-state index contributed by atoms with van der Waals surface area (Å²) in [6.07, 6.45) is 0.827. The summed E-state index contributed by atoms with van der Waals surface area (Å²) in [6, 6.07) is 7.47. The van der Waals surface area contributed by atoms with Crippen molar-refractivity contribution < 1.29 is 14.4 Å². The molecule has 0 saturated carbocycles. The summed E-state index contributed by atoms with van der Waals surface area (Å²) < 4.78 is 10.9. The number of hydrogen-bond acceptors (Lipinski definition) is 4. The monoisotopic (exact) mass is 275 g/mol. The number of nitrogens with zero attached hydrogens (tertiary/aromatic N) is 1. The standard InChI is InChI=1S/C16H21NO3/c1-5-15-14(11(2)20-17-15)10-19-13-8-6-12(7-9-13)16(3,4)18/h6-9,18H,5,10H2,1-4H3. The third-order valence-corrected chi connectivity index (χ3v) is 3.34. The fourth-order valence-corrected chi connectivity index (χ4v) is 2.01. The highest BCUT2D eigenvalue weighted by molar-refractivity contribution is 5.31. The van der Waals surface area contributed by atoms with Crippen molar-refractivity contribution in [3.63, 3.8) is 0 Å². The Morgan fingerprint density at radius 1 is 1.25 bits per heavy atom. The van der Waals surface area contributed by atoms with E-state index in [-0.39, 0.29) is 0 Å². The Balaban J connectivity index is 2.06. The van der Waals surface area contributed by atoms with Crippen LogP contribution in [-0.2, 0) is 18.6 Å². The normalized spacial score (nSPS) is 11.7. The number of benzene rings is 1. The SMILES string of the molecule is CCc1noc(C)c1COc1ccc(C(C)(C)O)cc1. The van der Waals surface area contributed by atoms with Gasteiger partial charge in [0.2, 0.25) is 0 Å². The molecule has 0 atom stereocenters. The Bertz CT molecular complexity index is 564. The van der Waals surface area contributed by atoms with E-state index in [4.69, 9.17) is 9.26 Å². The Hall–Kier alpha value is -1.81. The first-order valence-electron chi connectivity index (χ1n) is 6.81. The Kier molecular flexibility index (Phi) is 4.14. The minimum Gasteiger partial charge on any atom is -0.489 e. The minimum atomic E-state index is -0.834. The number of rotatable bonds is 5. The van der Waals surface area contributed by atoms with E-state index in [0.29, 0.717) is 6.61 Å². The van der Waals surface area contributed by atoms with E-state index in [1.165, 1.54) is 0 Å². The van der Waals surface area contributed by atoms with Gasteiger partial charge in [0.05, 0.1) is 16.9 Å². The average Bonchev–Trinajstić information content (AvgIpc) is 2.76. The highest BCUT2D eigenvalue weighted by atomic mass is 16.5. The summed E-state index contributed by atoms with van der Waals surface area (Å²) in [6.45, 7) is 7.90. The molecule has 0 aliphatic heterocycles. The van der Waals surface area contributed by atoms with Crippen LogP contribution in [0.25, 0.3) is 0 Å². The van der Waals surface area contributed by atoms with Gasteiger partial charge in [0.15, 0.2) is 0 Å². The third-order valence-electron chi connectivity index (χ3n) is 3.34. The van der Waals surface area contributed by atoms with Gasteiger partial charge < -0.3 is 14.4 Å². The van der Waals surface area contributed by atoms with Gasteiger partial charge in [-0.2, -0.15) is 0 Å². The van der Waals surface area contributed by atoms with Crippen LogP contribution in [0.5, 0.6) is 5.75 Å². The van der Waals surface area contributed by atoms with Crippen LogP contribution in [0.1, 0.15) is 43.4 Å². The molecule has 108 valence electrons. The van der Waals surface area contributed by atoms with Crippen molar-refractivity contribution in [2.24, 2.45) is 0 Å². The lowest BCUT2D eigenvalue weighted by Crippen LogP contribution is -2.14. The molecule has 0 fully saturated rings. The molecule has 4 nitrogen and oxygen atoms in total. The van der Waals surface area contributed by atoms with Gasteiger partial charge in [-0.05, 0) is 44.9 Å². The van der Waals surface area contributed by atoms with Crippen LogP contribution in [-0.4, -0.2) is 10.3 Å². The lowest BCUT2D eigenvalue weighted by atomic mass is 9.99. The summed E-state index contributed by atoms with van der Waals surface area (Å²) in [7, 11) is 0. The van der Waals surface area contributed by atoms with Crippen molar-refractivity contribution in [3.8, 4) is 5.75 Å². The molecule has 0 radical (unpaired) electrons. The van der Waals surface area contributed by atoms with Gasteiger partial charge in [0.25, 0.3) is 0 Å². The third kappa shape index (κ3) is 3.20. The van der Waals surface area contributed by atoms with Gasteiger partial charge in [-0.3, -0.25) is 0 Å². The number of aryl methyl sites for hydroxylation is 2. The summed E-state index contributed by atoms with van der Waals surface area (Å²) in [4.78, 5) is 0. The van der Waals surface area contributed by atoms with Gasteiger partial charge in [0.1, 0.15) is 18.1 Å². The molecule has 0 unspecified atom stereocenters. The molecule has 20 heavy (non-hydrogen) atoms. The van der Waals surface area contributed by atoms with Crippen LogP contribution in [0, 0.1) is 6.92 Å². The highest BCUT2D eigenvalue weighted by Gasteiger charge is 2.16. The second-order valence-corrected chi connectivity index (χ2v) is 5.39. The molecule has 0 saturated heterocycles. The first kappa shape index (κ1) is 14.6. The zero-order chi connectivity index (χ0) is 14.8. The summed E-state index contributed by atoms with van der Waals surface area (Å²) in [5.74, 6) is 1.57. The predicted octanol–water partition coefficient (Wildman–Crippen LogP) is 3.35. The maximum Gasteiger partial charge on any atom is 0.140 e. The molecule has 0 aliphatic rings. The van der Waals surface area contributed by atoms with Gasteiger partial charge in [-0.1, -0.05) is 24.2 Å². The summed E-state index contributed by atoms with van der Waals surface area (Å²) in [5.41, 5.74) is 1.98. The molecule has 4 heteroatoms. The molecule has 1 aromatic heterocycles. The molecule has 2 aromatic rings. The molecule has 0 aliphatic carbocycles. The van der Waals surface area contributed by atoms with Crippen LogP contribution in [0.4, 0.5) is 0 Å². The molecular formula is C16H21NO3. The smallest absolute Gasteiger partial charge is 0.140 e. The Labute approximate surface area is 119 Å². The van der Waals surface area contributed by atoms with Gasteiger partial charge in [0, 0.05) is 0 Å². The molecule has 0 amide bonds. The van der Waals surface area contributed by atoms with Crippen molar-refractivity contribution in [3.05, 3.63) is 46.8 Å². The van der Waals surface area contributed by atoms with E-state index in [1.807, 2.05) is 38.1 Å². The van der Waals surface area contributed by atoms with Crippen molar-refractivity contribution in [1.29, 1.82) is 0 Å². The zero-order valence-electron chi connectivity index (χ0n) is 12.4. The maximum absolute atomic E-state index is 9.90. The maximum atomic E-state index is 9.90. The lowest BCUT2D eigenvalue weighted by molar-refractivity contribution is 0.0785. The van der Waals surface area contributed by atoms with E-state index in [0.717, 1.165) is 34.8 Å². The summed E-state index contributed by atoms with van der Waals surface area (Å²) in [5, 5.41) is 13.9. The molecule has 1 heterocycles. The van der Waals surface area contributed by atoms with E-state index >= 15 is 0 Å². The molecular weight excluding hydrogens is 254 g/mol. The molecule has 1 N–H and O–H groups in total. The van der Waals surface area contributed by atoms with Crippen LogP contribution in [0.3, 0.4) is 0 Å². The second-order valence-electron chi connectivity index (χ2n) is 5.39. The van der Waals surface area contributed by atoms with Crippen LogP contribution in [0.15, 0.2) is 28.8 Å². The average molecular weight is 275 g/mol. The number of aliphatic hydroxyl groups is 1. The van der Waals surface area contributed by atoms with Gasteiger partial charge in [-0.15, -0.1) is 0 Å². The Morgan fingerprint density at radius 3 is 2.45 bits per heavy atom. The van der Waals surface area contributed by atoms with E-state index in [9.17, 15) is 5.11 Å². The first-order chi connectivity index (χ1) is 9.41. The van der Waals surface area contributed by atoms with E-state index in [2.05, 4.69) is 5.16 Å². The van der Waals surface area contributed by atoms with Gasteiger partial charge >= 0.3 is 0 Å². The quantitative estimate of drug-likeness (QED) is 0.909. The largest absolute Gasteiger partial charge is 0.489 e. The van der Waals surface area contributed by atoms with Crippen molar-refractivity contribution in [2.45, 2.75) is 46.3 Å². The fraction of sp³-hybridized carbons (Fsp3) is 0.438. The van der Waals surface area contributed by atoms with Crippen molar-refractivity contribution in [2.75, 3.05) is 0 Å². The molecule has 1 aromatic carbocycles. The van der Waals surface area contributed by atoms with Crippen LogP contribution >= 0.6 is 0 Å². The van der Waals surface area contributed by atoms with Crippen molar-refractivity contribution >= 4 is 0 Å². The second kappa shape index (κ2) is 5.67. The predicted molar refractivity (Wildman–Crippen MR) is 76.6 cm³/mol. The lowest BCUT2D eigenvalue weighted by Gasteiger charge is -2.18. The van der Waals surface area contributed by atoms with Crippen molar-refractivity contribution in [1.82, 2.24) is 5.16 Å². The number of aromatic nitrogens is 1. The Morgan fingerprint density at radius 2 is 1.90 bits per heavy atom. The zero-order valence-corrected chi connectivity index (χ0v) is 12.4. The molecule has 0 bridgehead atoms. The fourth-order valence-electron chi connectivity index (χ4n) is 2.01. The topological polar surface area (TPSA) is 55.5 Å². The highest BCUT2D eigenvalue weighted by Crippen LogP contribution is 2.23. The van der Waals surface area contributed by atoms with E-state index in [1.54, 1.807) is 13.8 Å². The molecule has 0 spiro atoms. The minimum absolute atomic E-state index is 0.445. The molecule has 2 rings (SSSR count). The first-order valence-corrected chi connectivity index (χ1v) is 6.81. The van der Waals surface area contributed by atoms with Gasteiger partial charge in [-0.25, -0.2) is 0 Å². The van der Waals surface area contributed by atoms with Crippen LogP contribution < -0.4 is 4.74 Å². The van der Waals surface area contributed by atoms with E-state index < -0.39 is 5.60 Å². The van der Waals surface area contributed by atoms with Crippen LogP contribution in [0.2, 0.25) is 0 Å². The number of ether oxygens (including phenoxy) is 1. The summed E-state index contributed by atoms with van der Waals surface area (Å²) >= 11 is 0. The number of hydrogen-bond donors (Lipinski definition) is 1.